The maximum absolute atomic E-state index is 9.56. The second kappa shape index (κ2) is 4.74. The van der Waals surface area contributed by atoms with Crippen molar-refractivity contribution in [3.05, 3.63) is 47.6 Å². The Morgan fingerprint density at radius 3 is 2.59 bits per heavy atom. The monoisotopic (exact) mass is 226 g/mol. The van der Waals surface area contributed by atoms with Crippen molar-refractivity contribution >= 4 is 30.8 Å². The van der Waals surface area contributed by atoms with E-state index in [0.29, 0.717) is 5.46 Å². The first kappa shape index (κ1) is 11.9. The number of fused-ring (bicyclic) bond motifs is 1. The maximum Gasteiger partial charge on any atom is 0.489 e. The van der Waals surface area contributed by atoms with Crippen LogP contribution in [0.15, 0.2) is 25.3 Å². The molecule has 0 saturated carbocycles. The third-order valence-electron chi connectivity index (χ3n) is 3.13. The van der Waals surface area contributed by atoms with Crippen LogP contribution in [0.5, 0.6) is 0 Å². The van der Waals surface area contributed by atoms with E-state index < -0.39 is 7.12 Å². The topological polar surface area (TPSA) is 40.5 Å². The average molecular weight is 226 g/mol. The molecule has 0 aliphatic heterocycles. The molecule has 0 radical (unpaired) electrons. The summed E-state index contributed by atoms with van der Waals surface area (Å²) in [6.07, 6.45) is 9.24. The van der Waals surface area contributed by atoms with Gasteiger partial charge in [0, 0.05) is 0 Å². The molecular weight excluding hydrogens is 211 g/mol. The first-order valence-corrected chi connectivity index (χ1v) is 5.66. The van der Waals surface area contributed by atoms with Crippen LogP contribution in [0.1, 0.15) is 28.7 Å². The van der Waals surface area contributed by atoms with Gasteiger partial charge in [0.25, 0.3) is 0 Å². The molecule has 0 bridgehead atoms. The molecule has 0 unspecified atom stereocenters. The minimum Gasteiger partial charge on any atom is -0.423 e. The van der Waals surface area contributed by atoms with Crippen LogP contribution in [-0.4, -0.2) is 17.2 Å². The molecule has 2 rings (SSSR count). The number of hydrogen-bond donors (Lipinski definition) is 2. The molecule has 1 aliphatic rings. The van der Waals surface area contributed by atoms with Gasteiger partial charge >= 0.3 is 7.12 Å². The summed E-state index contributed by atoms with van der Waals surface area (Å²) in [7, 11) is -1.47. The summed E-state index contributed by atoms with van der Waals surface area (Å²) in [5.74, 6) is 0. The van der Waals surface area contributed by atoms with Crippen molar-refractivity contribution in [1.82, 2.24) is 0 Å². The lowest BCUT2D eigenvalue weighted by Gasteiger charge is -2.20. The van der Waals surface area contributed by atoms with Crippen molar-refractivity contribution in [1.29, 1.82) is 0 Å². The maximum atomic E-state index is 9.56. The molecule has 0 atom stereocenters. The third kappa shape index (κ3) is 1.99. The van der Waals surface area contributed by atoms with Gasteiger partial charge in [0.15, 0.2) is 0 Å². The molecule has 17 heavy (non-hydrogen) atoms. The first-order chi connectivity index (χ1) is 8.19. The highest BCUT2D eigenvalue weighted by atomic mass is 16.4. The van der Waals surface area contributed by atoms with Crippen molar-refractivity contribution in [2.75, 3.05) is 0 Å². The van der Waals surface area contributed by atoms with E-state index >= 15 is 0 Å². The van der Waals surface area contributed by atoms with Crippen LogP contribution in [0, 0.1) is 0 Å². The first-order valence-electron chi connectivity index (χ1n) is 5.66. The van der Waals surface area contributed by atoms with Crippen LogP contribution in [0.2, 0.25) is 0 Å². The SMILES string of the molecule is C=Cc1cc2c(c(B(O)O)c1C=C)CCC=C2. The largest absolute Gasteiger partial charge is 0.489 e. The fourth-order valence-electron chi connectivity index (χ4n) is 2.36. The Bertz CT molecular complexity index is 501. The summed E-state index contributed by atoms with van der Waals surface area (Å²) in [5, 5.41) is 19.1. The Morgan fingerprint density at radius 2 is 2.00 bits per heavy atom. The fourth-order valence-corrected chi connectivity index (χ4v) is 2.36. The van der Waals surface area contributed by atoms with Gasteiger partial charge in [0.1, 0.15) is 0 Å². The highest BCUT2D eigenvalue weighted by Crippen LogP contribution is 2.23. The fraction of sp³-hybridized carbons (Fsp3) is 0.143. The Kier molecular flexibility index (Phi) is 3.32. The van der Waals surface area contributed by atoms with Crippen LogP contribution in [-0.2, 0) is 6.42 Å². The molecule has 0 heterocycles. The van der Waals surface area contributed by atoms with Gasteiger partial charge in [0.05, 0.1) is 0 Å². The number of hydrogen-bond acceptors (Lipinski definition) is 2. The molecule has 0 amide bonds. The minimum atomic E-state index is -1.47. The highest BCUT2D eigenvalue weighted by Gasteiger charge is 2.23. The third-order valence-corrected chi connectivity index (χ3v) is 3.13. The number of benzene rings is 1. The normalized spacial score (nSPS) is 13.1. The smallest absolute Gasteiger partial charge is 0.423 e. The van der Waals surface area contributed by atoms with Gasteiger partial charge in [-0.05, 0) is 46.6 Å². The van der Waals surface area contributed by atoms with E-state index in [1.807, 2.05) is 12.1 Å². The van der Waals surface area contributed by atoms with Crippen LogP contribution in [0.25, 0.3) is 18.2 Å². The molecular formula is C14H15BO2. The zero-order valence-electron chi connectivity index (χ0n) is 9.69. The van der Waals surface area contributed by atoms with Crippen LogP contribution < -0.4 is 5.46 Å². The predicted octanol–water partition coefficient (Wildman–Crippen LogP) is 1.61. The molecule has 1 aromatic rings. The molecule has 0 spiro atoms. The van der Waals surface area contributed by atoms with E-state index in [4.69, 9.17) is 0 Å². The van der Waals surface area contributed by atoms with E-state index in [0.717, 1.165) is 35.1 Å². The average Bonchev–Trinajstić information content (AvgIpc) is 2.35. The van der Waals surface area contributed by atoms with Gasteiger partial charge < -0.3 is 10.0 Å². The molecule has 3 heteroatoms. The van der Waals surface area contributed by atoms with E-state index in [9.17, 15) is 10.0 Å². The van der Waals surface area contributed by atoms with E-state index in [2.05, 4.69) is 19.2 Å². The predicted molar refractivity (Wildman–Crippen MR) is 73.8 cm³/mol. The molecule has 0 saturated heterocycles. The molecule has 0 aromatic heterocycles. The van der Waals surface area contributed by atoms with E-state index in [-0.39, 0.29) is 0 Å². The lowest BCUT2D eigenvalue weighted by molar-refractivity contribution is 0.425. The standard InChI is InChI=1S/C14H15BO2/c1-3-10-9-11-7-5-6-8-13(11)14(15(16)17)12(10)4-2/h3-5,7,9,16-17H,1-2,6,8H2. The molecule has 1 aromatic carbocycles. The van der Waals surface area contributed by atoms with E-state index in [1.54, 1.807) is 12.2 Å². The summed E-state index contributed by atoms with van der Waals surface area (Å²) in [5.41, 5.74) is 4.26. The van der Waals surface area contributed by atoms with Gasteiger partial charge in [-0.1, -0.05) is 37.5 Å². The summed E-state index contributed by atoms with van der Waals surface area (Å²) < 4.78 is 0. The summed E-state index contributed by atoms with van der Waals surface area (Å²) in [6, 6.07) is 2.01. The van der Waals surface area contributed by atoms with Gasteiger partial charge in [-0.2, -0.15) is 0 Å². The summed E-state index contributed by atoms with van der Waals surface area (Å²) in [4.78, 5) is 0. The quantitative estimate of drug-likeness (QED) is 0.768. The van der Waals surface area contributed by atoms with Crippen molar-refractivity contribution in [2.24, 2.45) is 0 Å². The van der Waals surface area contributed by atoms with Gasteiger partial charge in [0.2, 0.25) is 0 Å². The second-order valence-corrected chi connectivity index (χ2v) is 4.08. The Morgan fingerprint density at radius 1 is 1.24 bits per heavy atom. The minimum absolute atomic E-state index is 0.566. The van der Waals surface area contributed by atoms with E-state index in [1.165, 1.54) is 0 Å². The Labute approximate surface area is 102 Å². The van der Waals surface area contributed by atoms with Crippen LogP contribution >= 0.6 is 0 Å². The van der Waals surface area contributed by atoms with Crippen molar-refractivity contribution < 1.29 is 10.0 Å². The summed E-state index contributed by atoms with van der Waals surface area (Å²) >= 11 is 0. The van der Waals surface area contributed by atoms with Crippen LogP contribution in [0.4, 0.5) is 0 Å². The lowest BCUT2D eigenvalue weighted by atomic mass is 9.69. The van der Waals surface area contributed by atoms with Crippen LogP contribution in [0.3, 0.4) is 0 Å². The molecule has 86 valence electrons. The Balaban J connectivity index is 2.79. The molecule has 2 nitrogen and oxygen atoms in total. The van der Waals surface area contributed by atoms with Crippen molar-refractivity contribution in [3.63, 3.8) is 0 Å². The second-order valence-electron chi connectivity index (χ2n) is 4.08. The summed E-state index contributed by atoms with van der Waals surface area (Å²) in [6.45, 7) is 7.50. The zero-order valence-corrected chi connectivity index (χ0v) is 9.69. The zero-order chi connectivity index (χ0) is 12.4. The highest BCUT2D eigenvalue weighted by molar-refractivity contribution is 6.60. The molecule has 2 N–H and O–H groups in total. The van der Waals surface area contributed by atoms with Crippen molar-refractivity contribution in [3.8, 4) is 0 Å². The van der Waals surface area contributed by atoms with Gasteiger partial charge in [-0.15, -0.1) is 0 Å². The van der Waals surface area contributed by atoms with Gasteiger partial charge in [-0.25, -0.2) is 0 Å². The Hall–Kier alpha value is -1.58. The molecule has 1 aliphatic carbocycles. The molecule has 0 fully saturated rings. The number of rotatable bonds is 3. The van der Waals surface area contributed by atoms with Crippen molar-refractivity contribution in [2.45, 2.75) is 12.8 Å². The number of allylic oxidation sites excluding steroid dienone is 1. The van der Waals surface area contributed by atoms with Gasteiger partial charge in [-0.3, -0.25) is 0 Å². The lowest BCUT2D eigenvalue weighted by Crippen LogP contribution is -2.37.